The fourth-order valence-electron chi connectivity index (χ4n) is 3.76. The van der Waals surface area contributed by atoms with Gasteiger partial charge in [-0.25, -0.2) is 0 Å². The maximum atomic E-state index is 12.6. The zero-order valence-electron chi connectivity index (χ0n) is 18.3. The molecule has 0 aromatic heterocycles. The summed E-state index contributed by atoms with van der Waals surface area (Å²) in [5.41, 5.74) is 1.61. The summed E-state index contributed by atoms with van der Waals surface area (Å²) in [7, 11) is 4.74. The monoisotopic (exact) mass is 426 g/mol. The van der Waals surface area contributed by atoms with Gasteiger partial charge in [-0.1, -0.05) is 12.1 Å². The predicted octanol–water partition coefficient (Wildman–Crippen LogP) is 3.07. The third kappa shape index (κ3) is 5.90. The molecule has 1 heterocycles. The number of methoxy groups -OCH3 is 3. The second-order valence-electron chi connectivity index (χ2n) is 7.55. The van der Waals surface area contributed by atoms with Gasteiger partial charge in [0.1, 0.15) is 5.75 Å². The Kier molecular flexibility index (Phi) is 7.76. The average Bonchev–Trinajstić information content (AvgIpc) is 2.82. The van der Waals surface area contributed by atoms with Crippen LogP contribution in [0.2, 0.25) is 0 Å². The Balaban J connectivity index is 1.46. The van der Waals surface area contributed by atoms with E-state index in [1.807, 2.05) is 29.2 Å². The zero-order valence-corrected chi connectivity index (χ0v) is 18.3. The summed E-state index contributed by atoms with van der Waals surface area (Å²) in [6.07, 6.45) is 2.63. The topological polar surface area (TPSA) is 77.1 Å². The molecule has 0 radical (unpaired) electrons. The summed E-state index contributed by atoms with van der Waals surface area (Å²) in [6.45, 7) is 1.29. The van der Waals surface area contributed by atoms with Gasteiger partial charge in [0, 0.05) is 31.1 Å². The van der Waals surface area contributed by atoms with Gasteiger partial charge in [0.2, 0.25) is 5.91 Å². The van der Waals surface area contributed by atoms with Crippen molar-refractivity contribution in [2.75, 3.05) is 34.4 Å². The van der Waals surface area contributed by atoms with Gasteiger partial charge in [0.15, 0.2) is 11.5 Å². The number of ether oxygens (including phenoxy) is 3. The van der Waals surface area contributed by atoms with Gasteiger partial charge in [-0.3, -0.25) is 9.59 Å². The number of aryl methyl sites for hydroxylation is 1. The lowest BCUT2D eigenvalue weighted by atomic mass is 10.0. The molecule has 0 unspecified atom stereocenters. The van der Waals surface area contributed by atoms with Crippen LogP contribution in [-0.4, -0.2) is 57.2 Å². The van der Waals surface area contributed by atoms with E-state index in [0.29, 0.717) is 43.0 Å². The summed E-state index contributed by atoms with van der Waals surface area (Å²) in [5.74, 6) is 1.90. The maximum Gasteiger partial charge on any atom is 0.251 e. The van der Waals surface area contributed by atoms with Gasteiger partial charge in [0.25, 0.3) is 5.91 Å². The lowest BCUT2D eigenvalue weighted by molar-refractivity contribution is -0.132. The van der Waals surface area contributed by atoms with Gasteiger partial charge in [0.05, 0.1) is 21.3 Å². The number of nitrogens with one attached hydrogen (secondary N) is 1. The van der Waals surface area contributed by atoms with E-state index >= 15 is 0 Å². The van der Waals surface area contributed by atoms with Crippen LogP contribution in [0.3, 0.4) is 0 Å². The molecule has 1 aliphatic rings. The minimum atomic E-state index is -0.149. The molecular formula is C24H30N2O5. The molecule has 0 bridgehead atoms. The van der Waals surface area contributed by atoms with Gasteiger partial charge in [-0.15, -0.1) is 0 Å². The van der Waals surface area contributed by atoms with Gasteiger partial charge < -0.3 is 24.4 Å². The molecule has 2 aromatic carbocycles. The van der Waals surface area contributed by atoms with Crippen LogP contribution in [-0.2, 0) is 11.2 Å². The summed E-state index contributed by atoms with van der Waals surface area (Å²) in [6, 6.07) is 13.0. The molecule has 1 N–H and O–H groups in total. The number of piperidine rings is 1. The van der Waals surface area contributed by atoms with Crippen LogP contribution in [0.4, 0.5) is 0 Å². The number of nitrogens with zero attached hydrogens (tertiary/aromatic N) is 1. The minimum Gasteiger partial charge on any atom is -0.497 e. The average molecular weight is 427 g/mol. The Bertz CT molecular complexity index is 907. The molecule has 166 valence electrons. The molecular weight excluding hydrogens is 396 g/mol. The van der Waals surface area contributed by atoms with Crippen molar-refractivity contribution >= 4 is 11.8 Å². The van der Waals surface area contributed by atoms with E-state index in [1.54, 1.807) is 39.5 Å². The van der Waals surface area contributed by atoms with Crippen molar-refractivity contribution < 1.29 is 23.8 Å². The predicted molar refractivity (Wildman–Crippen MR) is 118 cm³/mol. The fraction of sp³-hybridized carbons (Fsp3) is 0.417. The van der Waals surface area contributed by atoms with Crippen LogP contribution in [0.5, 0.6) is 17.2 Å². The van der Waals surface area contributed by atoms with Crippen LogP contribution in [0.15, 0.2) is 42.5 Å². The van der Waals surface area contributed by atoms with E-state index in [0.717, 1.165) is 24.2 Å². The summed E-state index contributed by atoms with van der Waals surface area (Å²) < 4.78 is 15.7. The Labute approximate surface area is 183 Å². The quantitative estimate of drug-likeness (QED) is 0.702. The third-order valence-corrected chi connectivity index (χ3v) is 5.59. The Morgan fingerprint density at radius 1 is 0.968 bits per heavy atom. The largest absolute Gasteiger partial charge is 0.497 e. The first-order chi connectivity index (χ1) is 15.0. The lowest BCUT2D eigenvalue weighted by Crippen LogP contribution is -2.46. The molecule has 0 spiro atoms. The second-order valence-corrected chi connectivity index (χ2v) is 7.55. The van der Waals surface area contributed by atoms with Crippen LogP contribution in [0.25, 0.3) is 0 Å². The molecule has 2 aromatic rings. The normalized spacial score (nSPS) is 14.1. The molecule has 0 saturated carbocycles. The Hall–Kier alpha value is -3.22. The molecule has 0 atom stereocenters. The fourth-order valence-corrected chi connectivity index (χ4v) is 3.76. The number of hydrogen-bond acceptors (Lipinski definition) is 5. The molecule has 2 amide bonds. The van der Waals surface area contributed by atoms with E-state index in [1.165, 1.54) is 0 Å². The first-order valence-corrected chi connectivity index (χ1v) is 10.5. The number of amides is 2. The van der Waals surface area contributed by atoms with Crippen molar-refractivity contribution in [2.24, 2.45) is 0 Å². The highest BCUT2D eigenvalue weighted by molar-refractivity contribution is 5.95. The number of carbonyl (C=O) groups excluding carboxylic acids is 2. The molecule has 1 aliphatic heterocycles. The van der Waals surface area contributed by atoms with Crippen LogP contribution in [0.1, 0.15) is 35.2 Å². The SMILES string of the molecule is COc1cccc(CCC(=O)N2CCC(NC(=O)c3ccc(OC)c(OC)c3)CC2)c1. The van der Waals surface area contributed by atoms with Crippen molar-refractivity contribution in [3.63, 3.8) is 0 Å². The number of rotatable bonds is 8. The standard InChI is InChI=1S/C24H30N2O5/c1-29-20-6-4-5-17(15-20)7-10-23(27)26-13-11-19(12-14-26)25-24(28)18-8-9-21(30-2)22(16-18)31-3/h4-6,8-9,15-16,19H,7,10-14H2,1-3H3,(H,25,28). The number of hydrogen-bond donors (Lipinski definition) is 1. The Morgan fingerprint density at radius 3 is 2.39 bits per heavy atom. The number of carbonyl (C=O) groups is 2. The van der Waals surface area contributed by atoms with Crippen molar-refractivity contribution in [1.82, 2.24) is 10.2 Å². The van der Waals surface area contributed by atoms with Gasteiger partial charge >= 0.3 is 0 Å². The molecule has 3 rings (SSSR count). The van der Waals surface area contributed by atoms with Crippen LogP contribution in [0, 0.1) is 0 Å². The zero-order chi connectivity index (χ0) is 22.2. The highest BCUT2D eigenvalue weighted by atomic mass is 16.5. The molecule has 7 nitrogen and oxygen atoms in total. The molecule has 31 heavy (non-hydrogen) atoms. The van der Waals surface area contributed by atoms with Crippen molar-refractivity contribution in [3.05, 3.63) is 53.6 Å². The molecule has 0 aliphatic carbocycles. The summed E-state index contributed by atoms with van der Waals surface area (Å²) >= 11 is 0. The van der Waals surface area contributed by atoms with Crippen molar-refractivity contribution in [2.45, 2.75) is 31.7 Å². The summed E-state index contributed by atoms with van der Waals surface area (Å²) in [5, 5.41) is 3.07. The van der Waals surface area contributed by atoms with E-state index in [4.69, 9.17) is 14.2 Å². The van der Waals surface area contributed by atoms with E-state index in [2.05, 4.69) is 5.32 Å². The van der Waals surface area contributed by atoms with Crippen LogP contribution < -0.4 is 19.5 Å². The lowest BCUT2D eigenvalue weighted by Gasteiger charge is -2.32. The highest BCUT2D eigenvalue weighted by Crippen LogP contribution is 2.27. The van der Waals surface area contributed by atoms with Gasteiger partial charge in [-0.2, -0.15) is 0 Å². The smallest absolute Gasteiger partial charge is 0.251 e. The Morgan fingerprint density at radius 2 is 1.71 bits per heavy atom. The molecule has 1 saturated heterocycles. The molecule has 1 fully saturated rings. The van der Waals surface area contributed by atoms with E-state index < -0.39 is 0 Å². The van der Waals surface area contributed by atoms with E-state index in [9.17, 15) is 9.59 Å². The van der Waals surface area contributed by atoms with Crippen molar-refractivity contribution in [3.8, 4) is 17.2 Å². The summed E-state index contributed by atoms with van der Waals surface area (Å²) in [4.78, 5) is 27.1. The minimum absolute atomic E-state index is 0.0445. The van der Waals surface area contributed by atoms with Crippen molar-refractivity contribution in [1.29, 1.82) is 0 Å². The van der Waals surface area contributed by atoms with Gasteiger partial charge in [-0.05, 0) is 55.2 Å². The third-order valence-electron chi connectivity index (χ3n) is 5.59. The second kappa shape index (κ2) is 10.7. The molecule has 7 heteroatoms. The first kappa shape index (κ1) is 22.5. The number of likely N-dealkylation sites (tertiary alicyclic amines) is 1. The maximum absolute atomic E-state index is 12.6. The first-order valence-electron chi connectivity index (χ1n) is 10.5. The van der Waals surface area contributed by atoms with E-state index in [-0.39, 0.29) is 17.9 Å². The number of benzene rings is 2. The highest BCUT2D eigenvalue weighted by Gasteiger charge is 2.24. The van der Waals surface area contributed by atoms with Crippen LogP contribution >= 0.6 is 0 Å².